The first-order valence-electron chi connectivity index (χ1n) is 7.67. The largest absolute Gasteiger partial charge is 0.453 e. The number of carbonyl (C=O) groups excluding carboxylic acids is 2. The fourth-order valence-electron chi connectivity index (χ4n) is 2.91. The summed E-state index contributed by atoms with van der Waals surface area (Å²) in [6, 6.07) is 7.55. The molecule has 2 saturated heterocycles. The van der Waals surface area contributed by atoms with Crippen molar-refractivity contribution in [3.63, 3.8) is 0 Å². The summed E-state index contributed by atoms with van der Waals surface area (Å²) in [5, 5.41) is 2.95. The predicted molar refractivity (Wildman–Crippen MR) is 94.9 cm³/mol. The van der Waals surface area contributed by atoms with Crippen LogP contribution in [0.1, 0.15) is 23.0 Å². The minimum Gasteiger partial charge on any atom is -0.453 e. The Morgan fingerprint density at radius 3 is 2.83 bits per heavy atom. The van der Waals surface area contributed by atoms with Gasteiger partial charge in [0, 0.05) is 23.7 Å². The van der Waals surface area contributed by atoms with Crippen LogP contribution >= 0.6 is 23.5 Å². The van der Waals surface area contributed by atoms with Crippen LogP contribution in [0.2, 0.25) is 0 Å². The first-order valence-corrected chi connectivity index (χ1v) is 9.77. The predicted octanol–water partition coefficient (Wildman–Crippen LogP) is 3.33. The number of thioether (sulfide) groups is 2. The van der Waals surface area contributed by atoms with Crippen LogP contribution in [-0.2, 0) is 9.53 Å². The smallest absolute Gasteiger partial charge is 0.410 e. The zero-order valence-corrected chi connectivity index (χ0v) is 14.6. The summed E-state index contributed by atoms with van der Waals surface area (Å²) in [5.74, 6) is 2.20. The molecule has 1 N–H and O–H groups in total. The number of anilines is 1. The molecule has 5 nitrogen and oxygen atoms in total. The first kappa shape index (κ1) is 16.5. The van der Waals surface area contributed by atoms with Gasteiger partial charge in [-0.15, -0.1) is 23.5 Å². The summed E-state index contributed by atoms with van der Waals surface area (Å²) < 4.78 is 5.20. The lowest BCUT2D eigenvalue weighted by atomic mass is 10.2. The number of carbonyl (C=O) groups is 2. The summed E-state index contributed by atoms with van der Waals surface area (Å²) in [5.41, 5.74) is 2.02. The van der Waals surface area contributed by atoms with Crippen LogP contribution in [0, 0.1) is 0 Å². The average Bonchev–Trinajstić information content (AvgIpc) is 3.25. The van der Waals surface area contributed by atoms with Gasteiger partial charge >= 0.3 is 6.09 Å². The van der Waals surface area contributed by atoms with E-state index in [1.807, 2.05) is 41.7 Å². The lowest BCUT2D eigenvalue weighted by Gasteiger charge is -2.22. The molecule has 0 spiro atoms. The molecule has 3 rings (SSSR count). The molecule has 2 aliphatic rings. The number of likely N-dealkylation sites (tertiary alicyclic amines) is 1. The van der Waals surface area contributed by atoms with E-state index >= 15 is 0 Å². The third-order valence-electron chi connectivity index (χ3n) is 4.01. The number of rotatable bonds is 3. The molecule has 7 heteroatoms. The Kier molecular flexibility index (Phi) is 5.38. The minimum absolute atomic E-state index is 0.142. The number of benzene rings is 1. The van der Waals surface area contributed by atoms with Crippen molar-refractivity contribution in [3.8, 4) is 0 Å². The number of nitrogens with zero attached hydrogens (tertiary/aromatic N) is 1. The van der Waals surface area contributed by atoms with Gasteiger partial charge in [-0.1, -0.05) is 12.1 Å². The fourth-order valence-corrected chi connectivity index (χ4v) is 5.75. The van der Waals surface area contributed by atoms with E-state index in [2.05, 4.69) is 11.4 Å². The number of nitrogens with one attached hydrogen (secondary N) is 1. The molecule has 0 aliphatic carbocycles. The fraction of sp³-hybridized carbons (Fsp3) is 0.500. The van der Waals surface area contributed by atoms with Crippen LogP contribution in [-0.4, -0.2) is 48.1 Å². The van der Waals surface area contributed by atoms with Crippen molar-refractivity contribution in [2.45, 2.75) is 23.5 Å². The van der Waals surface area contributed by atoms with E-state index in [9.17, 15) is 9.59 Å². The van der Waals surface area contributed by atoms with E-state index in [0.29, 0.717) is 17.5 Å². The van der Waals surface area contributed by atoms with E-state index in [4.69, 9.17) is 4.74 Å². The summed E-state index contributed by atoms with van der Waals surface area (Å²) in [4.78, 5) is 25.7. The average molecular weight is 352 g/mol. The molecule has 2 aliphatic heterocycles. The van der Waals surface area contributed by atoms with Crippen molar-refractivity contribution in [3.05, 3.63) is 29.8 Å². The molecule has 1 unspecified atom stereocenters. The molecule has 124 valence electrons. The van der Waals surface area contributed by atoms with Gasteiger partial charge in [0.05, 0.1) is 11.7 Å². The van der Waals surface area contributed by atoms with Gasteiger partial charge in [0.25, 0.3) is 0 Å². The van der Waals surface area contributed by atoms with Crippen LogP contribution in [0.3, 0.4) is 0 Å². The van der Waals surface area contributed by atoms with Crippen LogP contribution < -0.4 is 5.32 Å². The Balaban J connectivity index is 1.67. The van der Waals surface area contributed by atoms with Gasteiger partial charge in [0.1, 0.15) is 6.04 Å². The molecule has 1 aromatic rings. The molecule has 2 fully saturated rings. The Labute approximate surface area is 144 Å². The molecule has 0 radical (unpaired) electrons. The van der Waals surface area contributed by atoms with E-state index < -0.39 is 12.1 Å². The summed E-state index contributed by atoms with van der Waals surface area (Å²) in [7, 11) is 1.34. The number of methoxy groups -OCH3 is 1. The molecule has 2 amide bonds. The van der Waals surface area contributed by atoms with E-state index in [0.717, 1.165) is 12.1 Å². The quantitative estimate of drug-likeness (QED) is 0.904. The zero-order chi connectivity index (χ0) is 16.2. The second kappa shape index (κ2) is 7.49. The minimum atomic E-state index is -0.443. The lowest BCUT2D eigenvalue weighted by molar-refractivity contribution is -0.119. The summed E-state index contributed by atoms with van der Waals surface area (Å²) in [6.45, 7) is 0.570. The van der Waals surface area contributed by atoms with E-state index in [-0.39, 0.29) is 5.91 Å². The highest BCUT2D eigenvalue weighted by molar-refractivity contribution is 8.19. The third-order valence-corrected chi connectivity index (χ3v) is 7.12. The highest BCUT2D eigenvalue weighted by atomic mass is 32.2. The SMILES string of the molecule is COC(=O)N1CCCC1C(=O)Nc1cccc(C2SCCS2)c1. The number of hydrogen-bond acceptors (Lipinski definition) is 5. The molecule has 23 heavy (non-hydrogen) atoms. The Morgan fingerprint density at radius 1 is 1.30 bits per heavy atom. The van der Waals surface area contributed by atoms with Crippen molar-refractivity contribution in [2.75, 3.05) is 30.5 Å². The third kappa shape index (κ3) is 3.77. The maximum absolute atomic E-state index is 12.5. The normalized spacial score (nSPS) is 21.4. The molecule has 1 atom stereocenters. The first-order chi connectivity index (χ1) is 11.2. The molecule has 0 aromatic heterocycles. The summed E-state index contributed by atoms with van der Waals surface area (Å²) in [6.07, 6.45) is 1.06. The highest BCUT2D eigenvalue weighted by Crippen LogP contribution is 2.45. The zero-order valence-electron chi connectivity index (χ0n) is 13.0. The van der Waals surface area contributed by atoms with Crippen LogP contribution in [0.15, 0.2) is 24.3 Å². The van der Waals surface area contributed by atoms with Crippen molar-refractivity contribution < 1.29 is 14.3 Å². The topological polar surface area (TPSA) is 58.6 Å². The number of amides is 2. The maximum Gasteiger partial charge on any atom is 0.410 e. The van der Waals surface area contributed by atoms with E-state index in [1.165, 1.54) is 29.1 Å². The van der Waals surface area contributed by atoms with Crippen molar-refractivity contribution in [1.82, 2.24) is 4.90 Å². The van der Waals surface area contributed by atoms with Crippen molar-refractivity contribution in [1.29, 1.82) is 0 Å². The number of hydrogen-bond donors (Lipinski definition) is 1. The van der Waals surface area contributed by atoms with Gasteiger partial charge in [0.2, 0.25) is 5.91 Å². The molecule has 0 bridgehead atoms. The van der Waals surface area contributed by atoms with E-state index in [1.54, 1.807) is 0 Å². The van der Waals surface area contributed by atoms with Crippen molar-refractivity contribution >= 4 is 41.2 Å². The second-order valence-corrected chi connectivity index (χ2v) is 8.23. The van der Waals surface area contributed by atoms with Gasteiger partial charge in [0.15, 0.2) is 0 Å². The van der Waals surface area contributed by atoms with Gasteiger partial charge in [-0.3, -0.25) is 9.69 Å². The molecule has 2 heterocycles. The van der Waals surface area contributed by atoms with Gasteiger partial charge in [-0.25, -0.2) is 4.79 Å². The molecule has 1 aromatic carbocycles. The van der Waals surface area contributed by atoms with Crippen LogP contribution in [0.4, 0.5) is 10.5 Å². The van der Waals surface area contributed by atoms with Gasteiger partial charge in [-0.2, -0.15) is 0 Å². The highest BCUT2D eigenvalue weighted by Gasteiger charge is 2.34. The monoisotopic (exact) mass is 352 g/mol. The number of ether oxygens (including phenoxy) is 1. The molecular formula is C16H20N2O3S2. The lowest BCUT2D eigenvalue weighted by Crippen LogP contribution is -2.43. The Bertz CT molecular complexity index is 590. The maximum atomic E-state index is 12.5. The van der Waals surface area contributed by atoms with Crippen LogP contribution in [0.5, 0.6) is 0 Å². The molecule has 0 saturated carbocycles. The second-order valence-electron chi connectivity index (χ2n) is 5.51. The Morgan fingerprint density at radius 2 is 2.09 bits per heavy atom. The van der Waals surface area contributed by atoms with Gasteiger partial charge < -0.3 is 10.1 Å². The van der Waals surface area contributed by atoms with Crippen molar-refractivity contribution in [2.24, 2.45) is 0 Å². The van der Waals surface area contributed by atoms with Crippen LogP contribution in [0.25, 0.3) is 0 Å². The summed E-state index contributed by atoms with van der Waals surface area (Å²) >= 11 is 3.87. The molecular weight excluding hydrogens is 332 g/mol. The van der Waals surface area contributed by atoms with Gasteiger partial charge in [-0.05, 0) is 30.5 Å². The Hall–Kier alpha value is -1.34. The standard InChI is InChI=1S/C16H20N2O3S2/c1-21-16(20)18-7-3-6-13(18)14(19)17-12-5-2-4-11(10-12)15-22-8-9-23-15/h2,4-5,10,13,15H,3,6-9H2,1H3,(H,17,19).